The highest BCUT2D eigenvalue weighted by molar-refractivity contribution is 6.04. The van der Waals surface area contributed by atoms with Crippen molar-refractivity contribution in [3.8, 4) is 0 Å². The average Bonchev–Trinajstić information content (AvgIpc) is 2.60. The molecule has 0 radical (unpaired) electrons. The number of hydrogen-bond acceptors (Lipinski definition) is 4. The molecule has 0 bridgehead atoms. The van der Waals surface area contributed by atoms with Crippen LogP contribution >= 0.6 is 0 Å². The molecule has 0 aromatic heterocycles. The van der Waals surface area contributed by atoms with Gasteiger partial charge in [0.15, 0.2) is 0 Å². The molecule has 0 saturated carbocycles. The van der Waals surface area contributed by atoms with E-state index in [0.29, 0.717) is 5.56 Å². The van der Waals surface area contributed by atoms with Crippen LogP contribution in [0.15, 0.2) is 48.5 Å². The molecular formula is C18H16F3NO4. The zero-order valence-electron chi connectivity index (χ0n) is 13.9. The molecule has 2 aromatic carbocycles. The SMILES string of the molecule is COC(=O)C(O)(c1ccc(NC(=O)c2ccc(C)cc2)cc1)C(F)(F)F. The second kappa shape index (κ2) is 7.17. The first-order valence-corrected chi connectivity index (χ1v) is 7.45. The van der Waals surface area contributed by atoms with Crippen LogP contribution in [0.3, 0.4) is 0 Å². The maximum absolute atomic E-state index is 13.2. The number of anilines is 1. The smallest absolute Gasteiger partial charge is 0.432 e. The van der Waals surface area contributed by atoms with E-state index in [1.54, 1.807) is 24.3 Å². The van der Waals surface area contributed by atoms with Crippen LogP contribution in [-0.4, -0.2) is 30.3 Å². The van der Waals surface area contributed by atoms with Crippen molar-refractivity contribution < 1.29 is 32.6 Å². The lowest BCUT2D eigenvalue weighted by Crippen LogP contribution is -2.49. The van der Waals surface area contributed by atoms with E-state index in [1.807, 2.05) is 6.92 Å². The fourth-order valence-corrected chi connectivity index (χ4v) is 2.25. The van der Waals surface area contributed by atoms with Gasteiger partial charge in [0.2, 0.25) is 0 Å². The number of amides is 1. The number of alkyl halides is 3. The van der Waals surface area contributed by atoms with E-state index >= 15 is 0 Å². The number of aliphatic hydroxyl groups is 1. The molecule has 2 N–H and O–H groups in total. The number of nitrogens with one attached hydrogen (secondary N) is 1. The van der Waals surface area contributed by atoms with E-state index in [0.717, 1.165) is 36.9 Å². The third-order valence-electron chi connectivity index (χ3n) is 3.77. The summed E-state index contributed by atoms with van der Waals surface area (Å²) in [4.78, 5) is 23.6. The molecule has 1 atom stereocenters. The van der Waals surface area contributed by atoms with Gasteiger partial charge in [0.1, 0.15) is 0 Å². The van der Waals surface area contributed by atoms with Crippen molar-refractivity contribution in [1.82, 2.24) is 0 Å². The van der Waals surface area contributed by atoms with E-state index in [1.165, 1.54) is 0 Å². The molecule has 26 heavy (non-hydrogen) atoms. The van der Waals surface area contributed by atoms with Crippen molar-refractivity contribution in [1.29, 1.82) is 0 Å². The predicted molar refractivity (Wildman–Crippen MR) is 87.5 cm³/mol. The average molecular weight is 367 g/mol. The number of methoxy groups -OCH3 is 1. The second-order valence-electron chi connectivity index (χ2n) is 5.60. The highest BCUT2D eigenvalue weighted by Crippen LogP contribution is 2.40. The van der Waals surface area contributed by atoms with Crippen LogP contribution in [0, 0.1) is 6.92 Å². The van der Waals surface area contributed by atoms with Gasteiger partial charge < -0.3 is 15.2 Å². The van der Waals surface area contributed by atoms with Crippen molar-refractivity contribution in [2.45, 2.75) is 18.7 Å². The van der Waals surface area contributed by atoms with Crippen molar-refractivity contribution in [2.24, 2.45) is 0 Å². The molecule has 2 aromatic rings. The number of benzene rings is 2. The number of halogens is 3. The quantitative estimate of drug-likeness (QED) is 0.814. The number of rotatable bonds is 4. The first-order chi connectivity index (χ1) is 12.1. The van der Waals surface area contributed by atoms with Crippen LogP contribution in [-0.2, 0) is 15.1 Å². The highest BCUT2D eigenvalue weighted by Gasteiger charge is 2.62. The molecule has 2 rings (SSSR count). The van der Waals surface area contributed by atoms with Gasteiger partial charge in [-0.25, -0.2) is 4.79 Å². The largest absolute Gasteiger partial charge is 0.466 e. The number of carbonyl (C=O) groups excluding carboxylic acids is 2. The third-order valence-corrected chi connectivity index (χ3v) is 3.77. The predicted octanol–water partition coefficient (Wildman–Crippen LogP) is 3.17. The number of esters is 1. The Bertz CT molecular complexity index is 801. The molecule has 0 aliphatic rings. The van der Waals surface area contributed by atoms with Gasteiger partial charge in [-0.3, -0.25) is 4.79 Å². The maximum Gasteiger partial charge on any atom is 0.432 e. The van der Waals surface area contributed by atoms with Crippen molar-refractivity contribution in [3.05, 3.63) is 65.2 Å². The standard InChI is InChI=1S/C18H16F3NO4/c1-11-3-5-12(6-4-11)15(23)22-14-9-7-13(8-10-14)17(25,16(24)26-2)18(19,20)21/h3-10,25H,1-2H3,(H,22,23). The third kappa shape index (κ3) is 3.70. The molecule has 1 unspecified atom stereocenters. The van der Waals surface area contributed by atoms with Gasteiger partial charge in [-0.1, -0.05) is 29.8 Å². The van der Waals surface area contributed by atoms with E-state index in [2.05, 4.69) is 10.1 Å². The first-order valence-electron chi connectivity index (χ1n) is 7.45. The summed E-state index contributed by atoms with van der Waals surface area (Å²) < 4.78 is 43.6. The lowest BCUT2D eigenvalue weighted by Gasteiger charge is -2.28. The molecule has 0 aliphatic heterocycles. The Hall–Kier alpha value is -2.87. The Morgan fingerprint density at radius 2 is 1.54 bits per heavy atom. The number of aryl methyl sites for hydroxylation is 1. The molecule has 138 valence electrons. The van der Waals surface area contributed by atoms with E-state index in [4.69, 9.17) is 0 Å². The van der Waals surface area contributed by atoms with Gasteiger partial charge in [0, 0.05) is 16.8 Å². The fraction of sp³-hybridized carbons (Fsp3) is 0.222. The molecule has 0 saturated heterocycles. The first kappa shape index (κ1) is 19.5. The summed E-state index contributed by atoms with van der Waals surface area (Å²) in [6, 6.07) is 10.8. The van der Waals surface area contributed by atoms with Gasteiger partial charge in [-0.15, -0.1) is 0 Å². The van der Waals surface area contributed by atoms with Crippen molar-refractivity contribution in [3.63, 3.8) is 0 Å². The van der Waals surface area contributed by atoms with E-state index < -0.39 is 29.2 Å². The summed E-state index contributed by atoms with van der Waals surface area (Å²) in [7, 11) is 0.745. The van der Waals surface area contributed by atoms with E-state index in [-0.39, 0.29) is 5.69 Å². The lowest BCUT2D eigenvalue weighted by molar-refractivity contribution is -0.266. The summed E-state index contributed by atoms with van der Waals surface area (Å²) in [5.41, 5.74) is -2.96. The molecular weight excluding hydrogens is 351 g/mol. The Morgan fingerprint density at radius 3 is 2.00 bits per heavy atom. The summed E-state index contributed by atoms with van der Waals surface area (Å²) in [5.74, 6) is -2.29. The molecule has 0 aliphatic carbocycles. The van der Waals surface area contributed by atoms with Crippen molar-refractivity contribution in [2.75, 3.05) is 12.4 Å². The van der Waals surface area contributed by atoms with Crippen LogP contribution < -0.4 is 5.32 Å². The molecule has 5 nitrogen and oxygen atoms in total. The van der Waals surface area contributed by atoms with Gasteiger partial charge in [0.05, 0.1) is 7.11 Å². The summed E-state index contributed by atoms with van der Waals surface area (Å²) in [5, 5.41) is 12.4. The molecule has 0 spiro atoms. The van der Waals surface area contributed by atoms with Crippen LogP contribution in [0.2, 0.25) is 0 Å². The maximum atomic E-state index is 13.2. The number of carbonyl (C=O) groups is 2. The second-order valence-corrected chi connectivity index (χ2v) is 5.60. The Labute approximate surface area is 147 Å². The van der Waals surface area contributed by atoms with Crippen LogP contribution in [0.25, 0.3) is 0 Å². The van der Waals surface area contributed by atoms with Crippen LogP contribution in [0.4, 0.5) is 18.9 Å². The summed E-state index contributed by atoms with van der Waals surface area (Å²) in [6.07, 6.45) is -5.27. The minimum atomic E-state index is -5.27. The van der Waals surface area contributed by atoms with E-state index in [9.17, 15) is 27.9 Å². The van der Waals surface area contributed by atoms with Gasteiger partial charge in [-0.2, -0.15) is 13.2 Å². The molecule has 0 fully saturated rings. The highest BCUT2D eigenvalue weighted by atomic mass is 19.4. The van der Waals surface area contributed by atoms with Gasteiger partial charge in [-0.05, 0) is 31.2 Å². The lowest BCUT2D eigenvalue weighted by atomic mass is 9.93. The molecule has 8 heteroatoms. The topological polar surface area (TPSA) is 75.6 Å². The number of hydrogen-bond donors (Lipinski definition) is 2. The van der Waals surface area contributed by atoms with Crippen molar-refractivity contribution >= 4 is 17.6 Å². The fourth-order valence-electron chi connectivity index (χ4n) is 2.25. The number of ether oxygens (including phenoxy) is 1. The van der Waals surface area contributed by atoms with Crippen LogP contribution in [0.1, 0.15) is 21.5 Å². The monoisotopic (exact) mass is 367 g/mol. The Kier molecular flexibility index (Phi) is 5.36. The van der Waals surface area contributed by atoms with Gasteiger partial charge in [0.25, 0.3) is 11.5 Å². The minimum absolute atomic E-state index is 0.203. The normalized spacial score (nSPS) is 13.6. The minimum Gasteiger partial charge on any atom is -0.466 e. The zero-order valence-corrected chi connectivity index (χ0v) is 13.9. The molecule has 0 heterocycles. The summed E-state index contributed by atoms with van der Waals surface area (Å²) in [6.45, 7) is 1.86. The van der Waals surface area contributed by atoms with Crippen LogP contribution in [0.5, 0.6) is 0 Å². The Balaban J connectivity index is 2.25. The molecule has 1 amide bonds. The Morgan fingerprint density at radius 1 is 1.00 bits per heavy atom. The summed E-state index contributed by atoms with van der Waals surface area (Å²) >= 11 is 0. The zero-order chi connectivity index (χ0) is 19.5. The van der Waals surface area contributed by atoms with Gasteiger partial charge >= 0.3 is 12.1 Å².